The molecule has 0 fully saturated rings. The smallest absolute Gasteiger partial charge is 0.358 e. The quantitative estimate of drug-likeness (QED) is 0.675. The van der Waals surface area contributed by atoms with Crippen LogP contribution in [0.15, 0.2) is 54.6 Å². The Kier molecular flexibility index (Phi) is 4.19. The summed E-state index contributed by atoms with van der Waals surface area (Å²) in [6.45, 7) is 2.08. The molecule has 5 heteroatoms. The molecule has 0 aliphatic carbocycles. The third-order valence-electron chi connectivity index (χ3n) is 3.41. The molecule has 1 heterocycles. The highest BCUT2D eigenvalue weighted by Gasteiger charge is 2.18. The van der Waals surface area contributed by atoms with Gasteiger partial charge in [-0.25, -0.2) is 4.79 Å². The van der Waals surface area contributed by atoms with E-state index in [1.807, 2.05) is 24.3 Å². The number of benzene rings is 2. The van der Waals surface area contributed by atoms with Crippen LogP contribution in [0.1, 0.15) is 17.4 Å². The van der Waals surface area contributed by atoms with Gasteiger partial charge in [-0.15, -0.1) is 0 Å². The van der Waals surface area contributed by atoms with E-state index < -0.39 is 5.97 Å². The Hall–Kier alpha value is -2.95. The lowest BCUT2D eigenvalue weighted by atomic mass is 10.2. The molecule has 23 heavy (non-hydrogen) atoms. The summed E-state index contributed by atoms with van der Waals surface area (Å²) in [7, 11) is 1.61. The second-order valence-electron chi connectivity index (χ2n) is 4.87. The standard InChI is InChI=1S/C18H17NO4/c1-3-22-18(20)17-12-13-6-4-5-7-16(13)19(17)23-15-10-8-14(21-2)9-11-15/h4-12H,3H2,1-2H3. The molecule has 3 aromatic rings. The van der Waals surface area contributed by atoms with Crippen molar-refractivity contribution in [1.29, 1.82) is 0 Å². The first kappa shape index (κ1) is 15.0. The minimum Gasteiger partial charge on any atom is -0.497 e. The van der Waals surface area contributed by atoms with Crippen molar-refractivity contribution in [3.63, 3.8) is 0 Å². The Labute approximate surface area is 134 Å². The molecule has 0 saturated carbocycles. The van der Waals surface area contributed by atoms with E-state index in [2.05, 4.69) is 0 Å². The number of ether oxygens (including phenoxy) is 2. The summed E-state index contributed by atoms with van der Waals surface area (Å²) in [4.78, 5) is 18.1. The summed E-state index contributed by atoms with van der Waals surface area (Å²) < 4.78 is 11.7. The van der Waals surface area contributed by atoms with Gasteiger partial charge in [0, 0.05) is 5.39 Å². The van der Waals surface area contributed by atoms with Crippen molar-refractivity contribution in [3.05, 3.63) is 60.3 Å². The molecule has 0 saturated heterocycles. The summed E-state index contributed by atoms with van der Waals surface area (Å²) in [5.74, 6) is 0.912. The average Bonchev–Trinajstić information content (AvgIpc) is 2.95. The van der Waals surface area contributed by atoms with Crippen molar-refractivity contribution >= 4 is 16.9 Å². The summed E-state index contributed by atoms with van der Waals surface area (Å²) in [6.07, 6.45) is 0. The molecule has 0 aliphatic rings. The highest BCUT2D eigenvalue weighted by Crippen LogP contribution is 2.24. The molecular weight excluding hydrogens is 294 g/mol. The molecule has 0 atom stereocenters. The van der Waals surface area contributed by atoms with Crippen molar-refractivity contribution in [2.24, 2.45) is 0 Å². The third-order valence-corrected chi connectivity index (χ3v) is 3.41. The van der Waals surface area contributed by atoms with Gasteiger partial charge in [-0.1, -0.05) is 18.2 Å². The van der Waals surface area contributed by atoms with Gasteiger partial charge in [0.15, 0.2) is 11.4 Å². The van der Waals surface area contributed by atoms with E-state index in [4.69, 9.17) is 14.3 Å². The van der Waals surface area contributed by atoms with Crippen LogP contribution in [-0.2, 0) is 4.74 Å². The number of hydrogen-bond acceptors (Lipinski definition) is 4. The molecule has 0 bridgehead atoms. The number of carbonyl (C=O) groups is 1. The van der Waals surface area contributed by atoms with Crippen LogP contribution in [0.4, 0.5) is 0 Å². The summed E-state index contributed by atoms with van der Waals surface area (Å²) in [6, 6.07) is 16.5. The monoisotopic (exact) mass is 311 g/mol. The first-order valence-corrected chi connectivity index (χ1v) is 7.33. The number of aromatic nitrogens is 1. The van der Waals surface area contributed by atoms with E-state index in [0.717, 1.165) is 16.7 Å². The fourth-order valence-corrected chi connectivity index (χ4v) is 2.32. The van der Waals surface area contributed by atoms with Crippen LogP contribution >= 0.6 is 0 Å². The largest absolute Gasteiger partial charge is 0.497 e. The number of rotatable bonds is 5. The average molecular weight is 311 g/mol. The van der Waals surface area contributed by atoms with Gasteiger partial charge in [-0.3, -0.25) is 0 Å². The molecule has 0 unspecified atom stereocenters. The van der Waals surface area contributed by atoms with Crippen molar-refractivity contribution in [1.82, 2.24) is 4.73 Å². The Morgan fingerprint density at radius 1 is 1.04 bits per heavy atom. The predicted octanol–water partition coefficient (Wildman–Crippen LogP) is 3.67. The SMILES string of the molecule is CCOC(=O)c1cc2ccccc2n1Oc1ccc(OC)cc1. The molecule has 1 aromatic heterocycles. The van der Waals surface area contributed by atoms with Crippen LogP contribution in [0.3, 0.4) is 0 Å². The summed E-state index contributed by atoms with van der Waals surface area (Å²) >= 11 is 0. The molecule has 0 radical (unpaired) electrons. The first-order chi connectivity index (χ1) is 11.2. The number of nitrogens with zero attached hydrogens (tertiary/aromatic N) is 1. The van der Waals surface area contributed by atoms with E-state index in [9.17, 15) is 4.79 Å². The van der Waals surface area contributed by atoms with Gasteiger partial charge in [0.2, 0.25) is 0 Å². The third kappa shape index (κ3) is 2.99. The number of fused-ring (bicyclic) bond motifs is 1. The maximum Gasteiger partial charge on any atom is 0.358 e. The molecule has 3 rings (SSSR count). The Morgan fingerprint density at radius 3 is 2.43 bits per heavy atom. The van der Waals surface area contributed by atoms with E-state index in [0.29, 0.717) is 18.1 Å². The molecule has 0 spiro atoms. The van der Waals surface area contributed by atoms with Gasteiger partial charge in [-0.2, -0.15) is 4.73 Å². The molecule has 118 valence electrons. The van der Waals surface area contributed by atoms with Crippen molar-refractivity contribution < 1.29 is 19.1 Å². The number of esters is 1. The van der Waals surface area contributed by atoms with Gasteiger partial charge in [-0.05, 0) is 43.3 Å². The molecule has 0 N–H and O–H groups in total. The normalized spacial score (nSPS) is 10.5. The lowest BCUT2D eigenvalue weighted by Crippen LogP contribution is -2.15. The van der Waals surface area contributed by atoms with Gasteiger partial charge in [0.1, 0.15) is 5.75 Å². The van der Waals surface area contributed by atoms with E-state index in [1.165, 1.54) is 4.73 Å². The van der Waals surface area contributed by atoms with Crippen molar-refractivity contribution in [2.75, 3.05) is 13.7 Å². The van der Waals surface area contributed by atoms with E-state index >= 15 is 0 Å². The number of carbonyl (C=O) groups excluding carboxylic acids is 1. The van der Waals surface area contributed by atoms with Crippen molar-refractivity contribution in [2.45, 2.75) is 6.92 Å². The lowest BCUT2D eigenvalue weighted by molar-refractivity contribution is 0.0489. The lowest BCUT2D eigenvalue weighted by Gasteiger charge is -2.11. The zero-order valence-corrected chi connectivity index (χ0v) is 13.0. The number of para-hydroxylation sites is 1. The Balaban J connectivity index is 2.02. The summed E-state index contributed by atoms with van der Waals surface area (Å²) in [5, 5.41) is 0.907. The topological polar surface area (TPSA) is 49.7 Å². The zero-order chi connectivity index (χ0) is 16.2. The molecule has 2 aromatic carbocycles. The van der Waals surface area contributed by atoms with Gasteiger partial charge < -0.3 is 14.3 Å². The van der Waals surface area contributed by atoms with Crippen molar-refractivity contribution in [3.8, 4) is 11.5 Å². The van der Waals surface area contributed by atoms with Crippen LogP contribution in [0.5, 0.6) is 11.5 Å². The highest BCUT2D eigenvalue weighted by molar-refractivity contribution is 5.95. The van der Waals surface area contributed by atoms with E-state index in [1.54, 1.807) is 44.4 Å². The second-order valence-corrected chi connectivity index (χ2v) is 4.87. The highest BCUT2D eigenvalue weighted by atomic mass is 16.7. The molecule has 5 nitrogen and oxygen atoms in total. The molecular formula is C18H17NO4. The Morgan fingerprint density at radius 2 is 1.74 bits per heavy atom. The fraction of sp³-hybridized carbons (Fsp3) is 0.167. The van der Waals surface area contributed by atoms with Crippen LogP contribution in [-0.4, -0.2) is 24.4 Å². The second kappa shape index (κ2) is 6.44. The fourth-order valence-electron chi connectivity index (χ4n) is 2.32. The zero-order valence-electron chi connectivity index (χ0n) is 13.0. The maximum atomic E-state index is 12.2. The minimum absolute atomic E-state index is 0.308. The van der Waals surface area contributed by atoms with Gasteiger partial charge >= 0.3 is 5.97 Å². The van der Waals surface area contributed by atoms with Gasteiger partial charge in [0.05, 0.1) is 19.2 Å². The molecule has 0 amide bonds. The molecule has 0 aliphatic heterocycles. The number of hydrogen-bond donors (Lipinski definition) is 0. The summed E-state index contributed by atoms with van der Waals surface area (Å²) in [5.41, 5.74) is 1.15. The minimum atomic E-state index is -0.419. The first-order valence-electron chi connectivity index (χ1n) is 7.33. The van der Waals surface area contributed by atoms with E-state index in [-0.39, 0.29) is 0 Å². The number of methoxy groups -OCH3 is 1. The van der Waals surface area contributed by atoms with Crippen LogP contribution in [0, 0.1) is 0 Å². The van der Waals surface area contributed by atoms with Crippen LogP contribution < -0.4 is 9.57 Å². The van der Waals surface area contributed by atoms with Crippen LogP contribution in [0.2, 0.25) is 0 Å². The predicted molar refractivity (Wildman–Crippen MR) is 86.9 cm³/mol. The maximum absolute atomic E-state index is 12.2. The van der Waals surface area contributed by atoms with Crippen LogP contribution in [0.25, 0.3) is 10.9 Å². The Bertz CT molecular complexity index is 821. The van der Waals surface area contributed by atoms with Gasteiger partial charge in [0.25, 0.3) is 0 Å².